The van der Waals surface area contributed by atoms with Crippen molar-refractivity contribution >= 4 is 29.9 Å². The SMILES string of the molecule is COc1ccc(C(=O)N2CCNCC2c2ccccc2Cl)cc1OC.Cl. The lowest BCUT2D eigenvalue weighted by molar-refractivity contribution is 0.0634. The fourth-order valence-electron chi connectivity index (χ4n) is 3.11. The maximum atomic E-state index is 13.1. The molecule has 2 aromatic rings. The van der Waals surface area contributed by atoms with E-state index in [0.29, 0.717) is 35.2 Å². The molecule has 1 aliphatic heterocycles. The topological polar surface area (TPSA) is 50.8 Å². The molecule has 0 saturated carbocycles. The molecule has 0 aliphatic carbocycles. The zero-order chi connectivity index (χ0) is 17.8. The third-order valence-electron chi connectivity index (χ3n) is 4.40. The molecule has 1 aliphatic rings. The molecule has 1 unspecified atom stereocenters. The fraction of sp³-hybridized carbons (Fsp3) is 0.316. The number of rotatable bonds is 4. The molecule has 26 heavy (non-hydrogen) atoms. The van der Waals surface area contributed by atoms with Gasteiger partial charge in [0, 0.05) is 30.2 Å². The van der Waals surface area contributed by atoms with Crippen LogP contribution in [0.5, 0.6) is 11.5 Å². The number of benzene rings is 2. The van der Waals surface area contributed by atoms with Gasteiger partial charge in [-0.2, -0.15) is 0 Å². The number of piperazine rings is 1. The molecule has 0 spiro atoms. The van der Waals surface area contributed by atoms with Crippen molar-refractivity contribution in [1.29, 1.82) is 0 Å². The van der Waals surface area contributed by atoms with Crippen LogP contribution in [0.4, 0.5) is 0 Å². The van der Waals surface area contributed by atoms with Crippen LogP contribution in [0.1, 0.15) is 22.0 Å². The second-order valence-corrected chi connectivity index (χ2v) is 6.22. The van der Waals surface area contributed by atoms with Gasteiger partial charge in [-0.25, -0.2) is 0 Å². The molecule has 7 heteroatoms. The summed E-state index contributed by atoms with van der Waals surface area (Å²) in [6, 6.07) is 12.8. The summed E-state index contributed by atoms with van der Waals surface area (Å²) < 4.78 is 10.6. The molecule has 1 fully saturated rings. The van der Waals surface area contributed by atoms with Crippen LogP contribution in [0, 0.1) is 0 Å². The number of amides is 1. The lowest BCUT2D eigenvalue weighted by Crippen LogP contribution is -2.48. The quantitative estimate of drug-likeness (QED) is 0.857. The van der Waals surface area contributed by atoms with Gasteiger partial charge in [0.1, 0.15) is 0 Å². The first-order valence-electron chi connectivity index (χ1n) is 8.14. The predicted molar refractivity (Wildman–Crippen MR) is 105 cm³/mol. The van der Waals surface area contributed by atoms with Crippen molar-refractivity contribution in [3.05, 3.63) is 58.6 Å². The average Bonchev–Trinajstić information content (AvgIpc) is 2.67. The number of hydrogen-bond donors (Lipinski definition) is 1. The van der Waals surface area contributed by atoms with Gasteiger partial charge in [0.15, 0.2) is 11.5 Å². The molecule has 1 heterocycles. The van der Waals surface area contributed by atoms with Gasteiger partial charge in [0.2, 0.25) is 0 Å². The maximum absolute atomic E-state index is 13.1. The Hall–Kier alpha value is -1.95. The standard InChI is InChI=1S/C19H21ClN2O3.ClH/c1-24-17-8-7-13(11-18(17)25-2)19(23)22-10-9-21-12-16(22)14-5-3-4-6-15(14)20;/h3-8,11,16,21H,9-10,12H2,1-2H3;1H. The number of carbonyl (C=O) groups is 1. The van der Waals surface area contributed by atoms with Gasteiger partial charge in [-0.1, -0.05) is 29.8 Å². The first-order chi connectivity index (χ1) is 12.2. The van der Waals surface area contributed by atoms with E-state index in [0.717, 1.165) is 12.1 Å². The van der Waals surface area contributed by atoms with Gasteiger partial charge >= 0.3 is 0 Å². The van der Waals surface area contributed by atoms with E-state index in [1.165, 1.54) is 0 Å². The summed E-state index contributed by atoms with van der Waals surface area (Å²) >= 11 is 6.36. The van der Waals surface area contributed by atoms with Gasteiger partial charge in [-0.3, -0.25) is 4.79 Å². The minimum Gasteiger partial charge on any atom is -0.493 e. The van der Waals surface area contributed by atoms with Crippen molar-refractivity contribution < 1.29 is 14.3 Å². The van der Waals surface area contributed by atoms with Gasteiger partial charge < -0.3 is 19.7 Å². The Morgan fingerprint density at radius 2 is 1.88 bits per heavy atom. The Kier molecular flexibility index (Phi) is 7.14. The van der Waals surface area contributed by atoms with Gasteiger partial charge in [0.25, 0.3) is 5.91 Å². The monoisotopic (exact) mass is 396 g/mol. The number of hydrogen-bond acceptors (Lipinski definition) is 4. The number of nitrogens with one attached hydrogen (secondary N) is 1. The number of carbonyl (C=O) groups excluding carboxylic acids is 1. The number of methoxy groups -OCH3 is 2. The summed E-state index contributed by atoms with van der Waals surface area (Å²) in [6.07, 6.45) is 0. The van der Waals surface area contributed by atoms with Crippen molar-refractivity contribution in [3.8, 4) is 11.5 Å². The zero-order valence-electron chi connectivity index (χ0n) is 14.7. The second-order valence-electron chi connectivity index (χ2n) is 5.81. The largest absolute Gasteiger partial charge is 0.493 e. The molecule has 3 rings (SSSR count). The van der Waals surface area contributed by atoms with Crippen LogP contribution in [-0.4, -0.2) is 44.7 Å². The molecule has 140 valence electrons. The Bertz CT molecular complexity index is 770. The zero-order valence-corrected chi connectivity index (χ0v) is 16.3. The molecule has 0 bridgehead atoms. The van der Waals surface area contributed by atoms with Crippen molar-refractivity contribution in [1.82, 2.24) is 10.2 Å². The maximum Gasteiger partial charge on any atom is 0.254 e. The fourth-order valence-corrected chi connectivity index (χ4v) is 3.37. The van der Waals surface area contributed by atoms with E-state index in [-0.39, 0.29) is 24.4 Å². The van der Waals surface area contributed by atoms with Crippen molar-refractivity contribution in [2.75, 3.05) is 33.9 Å². The highest BCUT2D eigenvalue weighted by Crippen LogP contribution is 2.32. The van der Waals surface area contributed by atoms with Crippen molar-refractivity contribution in [2.24, 2.45) is 0 Å². The van der Waals surface area contributed by atoms with Gasteiger partial charge in [0.05, 0.1) is 20.3 Å². The predicted octanol–water partition coefficient (Wildman–Crippen LogP) is 3.57. The van der Waals surface area contributed by atoms with E-state index in [4.69, 9.17) is 21.1 Å². The molecule has 1 amide bonds. The van der Waals surface area contributed by atoms with E-state index in [1.807, 2.05) is 29.2 Å². The van der Waals surface area contributed by atoms with Crippen LogP contribution in [0.3, 0.4) is 0 Å². The van der Waals surface area contributed by atoms with Gasteiger partial charge in [-0.15, -0.1) is 12.4 Å². The summed E-state index contributed by atoms with van der Waals surface area (Å²) in [5.74, 6) is 1.09. The van der Waals surface area contributed by atoms with Crippen LogP contribution < -0.4 is 14.8 Å². The van der Waals surface area contributed by atoms with E-state index in [2.05, 4.69) is 5.32 Å². The lowest BCUT2D eigenvalue weighted by atomic mass is 10.0. The minimum atomic E-state index is -0.108. The molecule has 0 aromatic heterocycles. The van der Waals surface area contributed by atoms with E-state index >= 15 is 0 Å². The third-order valence-corrected chi connectivity index (χ3v) is 4.74. The summed E-state index contributed by atoms with van der Waals surface area (Å²) in [6.45, 7) is 2.03. The van der Waals surface area contributed by atoms with Crippen molar-refractivity contribution in [2.45, 2.75) is 6.04 Å². The normalized spacial score (nSPS) is 16.6. The molecule has 1 saturated heterocycles. The average molecular weight is 397 g/mol. The number of halogens is 2. The highest BCUT2D eigenvalue weighted by Gasteiger charge is 2.30. The second kappa shape index (κ2) is 9.12. The first kappa shape index (κ1) is 20.4. The van der Waals surface area contributed by atoms with Crippen LogP contribution >= 0.6 is 24.0 Å². The molecular formula is C19H22Cl2N2O3. The molecule has 0 radical (unpaired) electrons. The Labute approximate surface area is 164 Å². The van der Waals surface area contributed by atoms with E-state index < -0.39 is 0 Å². The number of nitrogens with zero attached hydrogens (tertiary/aromatic N) is 1. The minimum absolute atomic E-state index is 0. The molecule has 5 nitrogen and oxygen atoms in total. The first-order valence-corrected chi connectivity index (χ1v) is 8.51. The van der Waals surface area contributed by atoms with Crippen LogP contribution in [0.2, 0.25) is 5.02 Å². The highest BCUT2D eigenvalue weighted by atomic mass is 35.5. The van der Waals surface area contributed by atoms with Crippen LogP contribution in [-0.2, 0) is 0 Å². The van der Waals surface area contributed by atoms with Gasteiger partial charge in [-0.05, 0) is 29.8 Å². The lowest BCUT2D eigenvalue weighted by Gasteiger charge is -2.37. The summed E-state index contributed by atoms with van der Waals surface area (Å²) in [5.41, 5.74) is 1.52. The summed E-state index contributed by atoms with van der Waals surface area (Å²) in [7, 11) is 3.13. The highest BCUT2D eigenvalue weighted by molar-refractivity contribution is 6.31. The third kappa shape index (κ3) is 4.06. The van der Waals surface area contributed by atoms with E-state index in [1.54, 1.807) is 32.4 Å². The molecular weight excluding hydrogens is 375 g/mol. The Morgan fingerprint density at radius 1 is 1.15 bits per heavy atom. The molecule has 1 N–H and O–H groups in total. The van der Waals surface area contributed by atoms with Crippen molar-refractivity contribution in [3.63, 3.8) is 0 Å². The summed E-state index contributed by atoms with van der Waals surface area (Å²) in [4.78, 5) is 15.0. The Balaban J connectivity index is 0.00000243. The summed E-state index contributed by atoms with van der Waals surface area (Å²) in [5, 5.41) is 4.01. The van der Waals surface area contributed by atoms with Crippen LogP contribution in [0.25, 0.3) is 0 Å². The number of ether oxygens (including phenoxy) is 2. The Morgan fingerprint density at radius 3 is 2.58 bits per heavy atom. The van der Waals surface area contributed by atoms with E-state index in [9.17, 15) is 4.79 Å². The smallest absolute Gasteiger partial charge is 0.254 e. The molecule has 1 atom stereocenters. The molecule has 2 aromatic carbocycles. The van der Waals surface area contributed by atoms with Crippen LogP contribution in [0.15, 0.2) is 42.5 Å².